The Balaban J connectivity index is 1.33. The largest absolute Gasteiger partial charge is 0.484 e. The quantitative estimate of drug-likeness (QED) is 0.255. The van der Waals surface area contributed by atoms with E-state index in [0.717, 1.165) is 17.6 Å². The molecule has 1 aliphatic heterocycles. The van der Waals surface area contributed by atoms with E-state index in [2.05, 4.69) is 20.8 Å². The zero-order valence-electron chi connectivity index (χ0n) is 17.0. The summed E-state index contributed by atoms with van der Waals surface area (Å²) in [5.41, 5.74) is 1.85. The van der Waals surface area contributed by atoms with Crippen LogP contribution in [0.25, 0.3) is 6.08 Å². The molecule has 0 N–H and O–H groups in total. The van der Waals surface area contributed by atoms with Crippen LogP contribution >= 0.6 is 27.5 Å². The molecule has 0 radical (unpaired) electrons. The van der Waals surface area contributed by atoms with Gasteiger partial charge >= 0.3 is 0 Å². The number of carbonyl (C=O) groups is 1. The van der Waals surface area contributed by atoms with Crippen LogP contribution in [0.4, 0.5) is 5.69 Å². The summed E-state index contributed by atoms with van der Waals surface area (Å²) in [6.07, 6.45) is 6.98. The lowest BCUT2D eigenvalue weighted by Crippen LogP contribution is -2.29. The molecule has 6 heteroatoms. The molecule has 1 saturated heterocycles. The summed E-state index contributed by atoms with van der Waals surface area (Å²) in [7, 11) is 0. The van der Waals surface area contributed by atoms with Gasteiger partial charge in [-0.3, -0.25) is 4.79 Å². The van der Waals surface area contributed by atoms with Gasteiger partial charge in [-0.15, -0.1) is 0 Å². The highest BCUT2D eigenvalue weighted by molar-refractivity contribution is 9.10. The molecule has 4 nitrogen and oxygen atoms in total. The van der Waals surface area contributed by atoms with Crippen LogP contribution in [-0.2, 0) is 6.61 Å². The lowest BCUT2D eigenvalue weighted by atomic mass is 10.1. The minimum atomic E-state index is -0.0546. The number of ketones is 1. The second kappa shape index (κ2) is 10.2. The lowest BCUT2D eigenvalue weighted by Gasteiger charge is -2.28. The summed E-state index contributed by atoms with van der Waals surface area (Å²) >= 11 is 9.53. The Kier molecular flexibility index (Phi) is 7.15. The van der Waals surface area contributed by atoms with E-state index in [9.17, 15) is 4.79 Å². The fourth-order valence-electron chi connectivity index (χ4n) is 3.55. The van der Waals surface area contributed by atoms with Gasteiger partial charge in [0.05, 0.1) is 5.02 Å². The van der Waals surface area contributed by atoms with Crippen LogP contribution < -0.4 is 9.64 Å². The van der Waals surface area contributed by atoms with E-state index in [1.165, 1.54) is 31.0 Å². The Morgan fingerprint density at radius 1 is 1.06 bits per heavy atom. The minimum Gasteiger partial charge on any atom is -0.484 e. The predicted molar refractivity (Wildman–Crippen MR) is 128 cm³/mol. The smallest absolute Gasteiger partial charge is 0.185 e. The van der Waals surface area contributed by atoms with Crippen LogP contribution in [0.1, 0.15) is 41.1 Å². The molecule has 0 amide bonds. The first-order chi connectivity index (χ1) is 15.1. The van der Waals surface area contributed by atoms with E-state index in [-0.39, 0.29) is 12.4 Å². The van der Waals surface area contributed by atoms with E-state index in [0.29, 0.717) is 27.9 Å². The van der Waals surface area contributed by atoms with Gasteiger partial charge in [-0.2, -0.15) is 0 Å². The fourth-order valence-corrected chi connectivity index (χ4v) is 4.27. The molecule has 0 aliphatic carbocycles. The number of hydrogen-bond acceptors (Lipinski definition) is 4. The molecular formula is C25H23BrClNO3. The van der Waals surface area contributed by atoms with Crippen LogP contribution in [0.2, 0.25) is 5.02 Å². The molecule has 0 atom stereocenters. The fraction of sp³-hybridized carbons (Fsp3) is 0.240. The summed E-state index contributed by atoms with van der Waals surface area (Å²) in [5.74, 6) is 1.78. The standard InChI is InChI=1S/C25H23BrClNO3/c26-19-6-13-25(23(27)16-19)30-17-22-10-9-21(31-22)11-12-24(29)18-4-7-20(8-5-18)28-14-2-1-3-15-28/h4-13,16H,1-3,14-15,17H2/b12-11+. The van der Waals surface area contributed by atoms with Crippen molar-refractivity contribution in [1.29, 1.82) is 0 Å². The Morgan fingerprint density at radius 3 is 2.58 bits per heavy atom. The van der Waals surface area contributed by atoms with Gasteiger partial charge in [0.1, 0.15) is 23.9 Å². The molecule has 3 aromatic rings. The van der Waals surface area contributed by atoms with E-state index >= 15 is 0 Å². The second-order valence-corrected chi connectivity index (χ2v) is 8.78. The lowest BCUT2D eigenvalue weighted by molar-refractivity contribution is 0.104. The number of carbonyl (C=O) groups excluding carboxylic acids is 1. The van der Waals surface area contributed by atoms with E-state index in [4.69, 9.17) is 20.8 Å². The number of anilines is 1. The summed E-state index contributed by atoms with van der Waals surface area (Å²) in [5, 5.41) is 0.526. The van der Waals surface area contributed by atoms with Crippen LogP contribution in [0.15, 0.2) is 69.6 Å². The van der Waals surface area contributed by atoms with Gasteiger partial charge in [0.15, 0.2) is 5.78 Å². The van der Waals surface area contributed by atoms with Crippen LogP contribution in [-0.4, -0.2) is 18.9 Å². The molecule has 160 valence electrons. The van der Waals surface area contributed by atoms with Crippen LogP contribution in [0.3, 0.4) is 0 Å². The van der Waals surface area contributed by atoms with Crippen molar-refractivity contribution in [2.24, 2.45) is 0 Å². The van der Waals surface area contributed by atoms with Crippen molar-refractivity contribution in [3.63, 3.8) is 0 Å². The van der Waals surface area contributed by atoms with Crippen molar-refractivity contribution in [1.82, 2.24) is 0 Å². The number of rotatable bonds is 7. The maximum Gasteiger partial charge on any atom is 0.185 e. The highest BCUT2D eigenvalue weighted by atomic mass is 79.9. The van der Waals surface area contributed by atoms with Gasteiger partial charge < -0.3 is 14.1 Å². The Hall–Kier alpha value is -2.50. The normalized spacial score (nSPS) is 14.2. The highest BCUT2D eigenvalue weighted by Gasteiger charge is 2.11. The molecule has 1 aliphatic rings. The number of hydrogen-bond donors (Lipinski definition) is 0. The van der Waals surface area contributed by atoms with Crippen molar-refractivity contribution < 1.29 is 13.9 Å². The summed E-state index contributed by atoms with van der Waals surface area (Å²) in [6, 6.07) is 16.9. The SMILES string of the molecule is O=C(/C=C/c1ccc(COc2ccc(Br)cc2Cl)o1)c1ccc(N2CCCCC2)cc1. The first-order valence-corrected chi connectivity index (χ1v) is 11.5. The van der Waals surface area contributed by atoms with Crippen molar-refractivity contribution in [2.75, 3.05) is 18.0 Å². The molecule has 31 heavy (non-hydrogen) atoms. The number of halogens is 2. The van der Waals surface area contributed by atoms with Crippen molar-refractivity contribution in [2.45, 2.75) is 25.9 Å². The molecule has 4 rings (SSSR count). The minimum absolute atomic E-state index is 0.0546. The summed E-state index contributed by atoms with van der Waals surface area (Å²) in [4.78, 5) is 14.9. The Bertz CT molecular complexity index is 1070. The molecule has 2 heterocycles. The van der Waals surface area contributed by atoms with E-state index < -0.39 is 0 Å². The van der Waals surface area contributed by atoms with Crippen molar-refractivity contribution in [3.8, 4) is 5.75 Å². The zero-order valence-corrected chi connectivity index (χ0v) is 19.4. The zero-order chi connectivity index (χ0) is 21.6. The molecular weight excluding hydrogens is 478 g/mol. The van der Waals surface area contributed by atoms with E-state index in [1.54, 1.807) is 18.2 Å². The average molecular weight is 501 g/mol. The highest BCUT2D eigenvalue weighted by Crippen LogP contribution is 2.28. The molecule has 0 saturated carbocycles. The van der Waals surface area contributed by atoms with Crippen molar-refractivity contribution in [3.05, 3.63) is 87.3 Å². The van der Waals surface area contributed by atoms with Gasteiger partial charge in [-0.1, -0.05) is 27.5 Å². The second-order valence-electron chi connectivity index (χ2n) is 7.46. The molecule has 0 bridgehead atoms. The maximum absolute atomic E-state index is 12.5. The third-order valence-electron chi connectivity index (χ3n) is 5.22. The number of furan rings is 1. The monoisotopic (exact) mass is 499 g/mol. The van der Waals surface area contributed by atoms with Crippen molar-refractivity contribution >= 4 is 45.1 Å². The first-order valence-electron chi connectivity index (χ1n) is 10.3. The number of benzene rings is 2. The molecule has 1 aromatic heterocycles. The third kappa shape index (κ3) is 5.81. The van der Waals surface area contributed by atoms with Crippen LogP contribution in [0, 0.1) is 0 Å². The molecule has 1 fully saturated rings. The Labute approximate surface area is 195 Å². The molecule has 2 aromatic carbocycles. The average Bonchev–Trinajstić information content (AvgIpc) is 3.25. The van der Waals surface area contributed by atoms with Gasteiger partial charge in [0.2, 0.25) is 0 Å². The summed E-state index contributed by atoms with van der Waals surface area (Å²) in [6.45, 7) is 2.43. The third-order valence-corrected chi connectivity index (χ3v) is 6.01. The summed E-state index contributed by atoms with van der Waals surface area (Å²) < 4.78 is 12.3. The van der Waals surface area contributed by atoms with Gasteiger partial charge in [0.25, 0.3) is 0 Å². The van der Waals surface area contributed by atoms with Gasteiger partial charge in [-0.25, -0.2) is 0 Å². The topological polar surface area (TPSA) is 42.7 Å². The van der Waals surface area contributed by atoms with Crippen LogP contribution in [0.5, 0.6) is 5.75 Å². The number of allylic oxidation sites excluding steroid dienone is 1. The number of ether oxygens (including phenoxy) is 1. The van der Waals surface area contributed by atoms with Gasteiger partial charge in [-0.05, 0) is 86.0 Å². The van der Waals surface area contributed by atoms with Gasteiger partial charge in [0, 0.05) is 28.8 Å². The Morgan fingerprint density at radius 2 is 1.84 bits per heavy atom. The van der Waals surface area contributed by atoms with E-state index in [1.807, 2.05) is 42.5 Å². The number of nitrogens with zero attached hydrogens (tertiary/aromatic N) is 1. The predicted octanol–water partition coefficient (Wildman–Crippen LogP) is 7.16. The number of piperidine rings is 1. The molecule has 0 unspecified atom stereocenters. The first kappa shape index (κ1) is 21.7. The maximum atomic E-state index is 12.5. The molecule has 0 spiro atoms.